The molecular formula is C26H21NO6. The van der Waals surface area contributed by atoms with Crippen LogP contribution in [0.25, 0.3) is 10.9 Å². The minimum atomic E-state index is -1.04. The molecule has 2 unspecified atom stereocenters. The number of para-hydroxylation sites is 1. The van der Waals surface area contributed by atoms with Gasteiger partial charge in [-0.2, -0.15) is 0 Å². The Labute approximate surface area is 189 Å². The first-order valence-electron chi connectivity index (χ1n) is 10.6. The summed E-state index contributed by atoms with van der Waals surface area (Å²) in [6.07, 6.45) is -1.19. The van der Waals surface area contributed by atoms with Crippen molar-refractivity contribution in [1.29, 1.82) is 0 Å². The van der Waals surface area contributed by atoms with Crippen LogP contribution in [0.15, 0.2) is 78.9 Å². The van der Waals surface area contributed by atoms with Crippen LogP contribution in [0.3, 0.4) is 0 Å². The lowest BCUT2D eigenvalue weighted by Crippen LogP contribution is -2.25. The smallest absolute Gasteiger partial charge is 0.335 e. The number of aliphatic hydroxyl groups is 1. The molecule has 2 N–H and O–H groups in total. The molecule has 4 aromatic rings. The summed E-state index contributed by atoms with van der Waals surface area (Å²) < 4.78 is 17.7. The number of rotatable bonds is 5. The third kappa shape index (κ3) is 4.44. The number of aromatic carboxylic acids is 1. The molecule has 0 fully saturated rings. The van der Waals surface area contributed by atoms with E-state index in [1.54, 1.807) is 36.4 Å². The Kier molecular flexibility index (Phi) is 5.54. The molecule has 0 saturated heterocycles. The number of hydrogen-bond donors (Lipinski definition) is 2. The number of fused-ring (bicyclic) bond motifs is 2. The quantitative estimate of drug-likeness (QED) is 0.448. The molecular weight excluding hydrogens is 422 g/mol. The summed E-state index contributed by atoms with van der Waals surface area (Å²) in [5.41, 5.74) is 1.47. The molecule has 1 aromatic heterocycles. The van der Waals surface area contributed by atoms with E-state index >= 15 is 0 Å². The van der Waals surface area contributed by atoms with Gasteiger partial charge in [-0.3, -0.25) is 0 Å². The zero-order valence-corrected chi connectivity index (χ0v) is 17.5. The van der Waals surface area contributed by atoms with Crippen LogP contribution in [0.4, 0.5) is 0 Å². The van der Waals surface area contributed by atoms with Crippen LogP contribution in [0, 0.1) is 0 Å². The predicted molar refractivity (Wildman–Crippen MR) is 121 cm³/mol. The van der Waals surface area contributed by atoms with Crippen LogP contribution < -0.4 is 14.2 Å². The summed E-state index contributed by atoms with van der Waals surface area (Å²) in [5, 5.41) is 21.3. The fraction of sp³-hybridized carbons (Fsp3) is 0.154. The minimum absolute atomic E-state index is 0.117. The average Bonchev–Trinajstić information content (AvgIpc) is 2.98. The molecule has 0 amide bonds. The zero-order chi connectivity index (χ0) is 22.8. The molecule has 33 heavy (non-hydrogen) atoms. The molecule has 166 valence electrons. The van der Waals surface area contributed by atoms with Gasteiger partial charge < -0.3 is 24.4 Å². The van der Waals surface area contributed by atoms with E-state index in [9.17, 15) is 15.0 Å². The lowest BCUT2D eigenvalue weighted by molar-refractivity contribution is 0.0311. The molecule has 0 spiro atoms. The fourth-order valence-electron chi connectivity index (χ4n) is 3.82. The number of carboxylic acids is 1. The van der Waals surface area contributed by atoms with Crippen molar-refractivity contribution >= 4 is 16.9 Å². The highest BCUT2D eigenvalue weighted by molar-refractivity contribution is 5.88. The highest BCUT2D eigenvalue weighted by atomic mass is 16.5. The van der Waals surface area contributed by atoms with E-state index in [0.29, 0.717) is 41.7 Å². The van der Waals surface area contributed by atoms with Gasteiger partial charge in [0, 0.05) is 23.4 Å². The second-order valence-electron chi connectivity index (χ2n) is 7.72. The number of ether oxygens (including phenoxy) is 3. The third-order valence-electron chi connectivity index (χ3n) is 5.48. The average molecular weight is 443 g/mol. The SMILES string of the molecule is O=C(O)c1cccc(OC2CCOc3ccc(Oc4ccc5ccccc5n4)cc3C2O)c1. The van der Waals surface area contributed by atoms with Crippen molar-refractivity contribution in [2.24, 2.45) is 0 Å². The lowest BCUT2D eigenvalue weighted by Gasteiger charge is -2.22. The number of hydrogen-bond acceptors (Lipinski definition) is 6. The molecule has 0 saturated carbocycles. The van der Waals surface area contributed by atoms with Gasteiger partial charge in [-0.05, 0) is 48.5 Å². The maximum Gasteiger partial charge on any atom is 0.335 e. The Morgan fingerprint density at radius 2 is 1.85 bits per heavy atom. The summed E-state index contributed by atoms with van der Waals surface area (Å²) in [6, 6.07) is 22.9. The second kappa shape index (κ2) is 8.80. The molecule has 0 radical (unpaired) electrons. The van der Waals surface area contributed by atoms with Crippen molar-refractivity contribution in [2.75, 3.05) is 6.61 Å². The van der Waals surface area contributed by atoms with Gasteiger partial charge in [0.15, 0.2) is 0 Å². The number of nitrogens with zero attached hydrogens (tertiary/aromatic N) is 1. The molecule has 7 heteroatoms. The van der Waals surface area contributed by atoms with Gasteiger partial charge in [0.25, 0.3) is 0 Å². The molecule has 5 rings (SSSR count). The van der Waals surface area contributed by atoms with Gasteiger partial charge in [0.1, 0.15) is 29.5 Å². The van der Waals surface area contributed by atoms with Crippen LogP contribution in [-0.2, 0) is 0 Å². The Bertz CT molecular complexity index is 1320. The van der Waals surface area contributed by atoms with Crippen molar-refractivity contribution in [3.8, 4) is 23.1 Å². The Hall–Kier alpha value is -4.10. The van der Waals surface area contributed by atoms with Crippen LogP contribution in [0.5, 0.6) is 23.1 Å². The number of aliphatic hydroxyl groups excluding tert-OH is 1. The van der Waals surface area contributed by atoms with E-state index < -0.39 is 18.2 Å². The highest BCUT2D eigenvalue weighted by Gasteiger charge is 2.29. The van der Waals surface area contributed by atoms with Gasteiger partial charge in [0.2, 0.25) is 5.88 Å². The normalized spacial score (nSPS) is 17.5. The Morgan fingerprint density at radius 3 is 2.73 bits per heavy atom. The van der Waals surface area contributed by atoms with E-state index in [1.165, 1.54) is 12.1 Å². The highest BCUT2D eigenvalue weighted by Crippen LogP contribution is 2.37. The molecule has 3 aromatic carbocycles. The van der Waals surface area contributed by atoms with E-state index in [4.69, 9.17) is 14.2 Å². The van der Waals surface area contributed by atoms with Gasteiger partial charge in [-0.1, -0.05) is 24.3 Å². The summed E-state index contributed by atoms with van der Waals surface area (Å²) in [6.45, 7) is 0.347. The van der Waals surface area contributed by atoms with Gasteiger partial charge in [-0.25, -0.2) is 9.78 Å². The Morgan fingerprint density at radius 1 is 0.970 bits per heavy atom. The maximum absolute atomic E-state index is 11.2. The summed E-state index contributed by atoms with van der Waals surface area (Å²) in [7, 11) is 0. The lowest BCUT2D eigenvalue weighted by atomic mass is 10.0. The van der Waals surface area contributed by atoms with E-state index in [2.05, 4.69) is 4.98 Å². The summed E-state index contributed by atoms with van der Waals surface area (Å²) in [5.74, 6) is 0.824. The maximum atomic E-state index is 11.2. The minimum Gasteiger partial charge on any atom is -0.493 e. The van der Waals surface area contributed by atoms with Crippen molar-refractivity contribution < 1.29 is 29.2 Å². The van der Waals surface area contributed by atoms with Crippen molar-refractivity contribution in [1.82, 2.24) is 4.98 Å². The van der Waals surface area contributed by atoms with Gasteiger partial charge in [-0.15, -0.1) is 0 Å². The first-order valence-corrected chi connectivity index (χ1v) is 10.6. The van der Waals surface area contributed by atoms with Crippen LogP contribution >= 0.6 is 0 Å². The van der Waals surface area contributed by atoms with E-state index in [-0.39, 0.29) is 5.56 Å². The summed E-state index contributed by atoms with van der Waals surface area (Å²) in [4.78, 5) is 15.8. The van der Waals surface area contributed by atoms with Gasteiger partial charge >= 0.3 is 5.97 Å². The van der Waals surface area contributed by atoms with Crippen molar-refractivity contribution in [3.63, 3.8) is 0 Å². The van der Waals surface area contributed by atoms with E-state index in [0.717, 1.165) is 10.9 Å². The topological polar surface area (TPSA) is 98.1 Å². The van der Waals surface area contributed by atoms with E-state index in [1.807, 2.05) is 30.3 Å². The third-order valence-corrected chi connectivity index (χ3v) is 5.48. The molecule has 2 heterocycles. The predicted octanol–water partition coefficient (Wildman–Crippen LogP) is 4.99. The van der Waals surface area contributed by atoms with Crippen LogP contribution in [-0.4, -0.2) is 33.9 Å². The first-order chi connectivity index (χ1) is 16.1. The zero-order valence-electron chi connectivity index (χ0n) is 17.5. The standard InChI is InChI=1S/C26H21NO6/c28-25-20-15-19(33-24-11-8-16-4-1-2-7-21(16)27-24)9-10-22(20)31-13-12-23(25)32-18-6-3-5-17(14-18)26(29)30/h1-11,14-15,23,25,28H,12-13H2,(H,29,30). The number of aromatic nitrogens is 1. The van der Waals surface area contributed by atoms with Gasteiger partial charge in [0.05, 0.1) is 17.7 Å². The molecule has 0 bridgehead atoms. The Balaban J connectivity index is 1.39. The first kappa shape index (κ1) is 20.8. The number of pyridine rings is 1. The monoisotopic (exact) mass is 443 g/mol. The second-order valence-corrected chi connectivity index (χ2v) is 7.72. The molecule has 1 aliphatic rings. The fourth-order valence-corrected chi connectivity index (χ4v) is 3.82. The molecule has 1 aliphatic heterocycles. The number of benzene rings is 3. The number of carbonyl (C=O) groups is 1. The number of carboxylic acid groups (broad SMARTS) is 1. The van der Waals surface area contributed by atoms with Crippen molar-refractivity contribution in [3.05, 3.63) is 90.0 Å². The molecule has 0 aliphatic carbocycles. The molecule has 2 atom stereocenters. The molecule has 7 nitrogen and oxygen atoms in total. The summed E-state index contributed by atoms with van der Waals surface area (Å²) >= 11 is 0. The van der Waals surface area contributed by atoms with Crippen LogP contribution in [0.2, 0.25) is 0 Å². The van der Waals surface area contributed by atoms with Crippen LogP contribution in [0.1, 0.15) is 28.4 Å². The van der Waals surface area contributed by atoms with Crippen molar-refractivity contribution in [2.45, 2.75) is 18.6 Å². The largest absolute Gasteiger partial charge is 0.493 e.